The standard InChI is InChI=1S/C21H20N4O4S/c1-4-29-21(28)18-12(2)15(11-22)20(30-18)23-19(27)16-10-17(13(3)26)25(24-16)14-8-6-5-7-9-14/h5-9,17H,4,10H2,1-3H3,(H,23,27). The molecule has 0 aliphatic carbocycles. The number of rotatable bonds is 6. The third-order valence-corrected chi connectivity index (χ3v) is 5.80. The Morgan fingerprint density at radius 3 is 2.63 bits per heavy atom. The van der Waals surface area contributed by atoms with Gasteiger partial charge in [0.25, 0.3) is 5.91 Å². The molecule has 1 aliphatic rings. The first-order chi connectivity index (χ1) is 14.4. The van der Waals surface area contributed by atoms with Crippen molar-refractivity contribution >= 4 is 45.4 Å². The van der Waals surface area contributed by atoms with Crippen molar-refractivity contribution in [3.05, 3.63) is 46.3 Å². The number of carbonyl (C=O) groups excluding carboxylic acids is 3. The number of esters is 1. The molecule has 8 nitrogen and oxygen atoms in total. The lowest BCUT2D eigenvalue weighted by Gasteiger charge is -2.20. The molecular weight excluding hydrogens is 404 g/mol. The van der Waals surface area contributed by atoms with E-state index in [1.807, 2.05) is 36.4 Å². The van der Waals surface area contributed by atoms with Crippen LogP contribution >= 0.6 is 11.3 Å². The van der Waals surface area contributed by atoms with E-state index in [4.69, 9.17) is 4.74 Å². The van der Waals surface area contributed by atoms with Crippen LogP contribution in [-0.2, 0) is 14.3 Å². The van der Waals surface area contributed by atoms with Gasteiger partial charge in [0.1, 0.15) is 27.7 Å². The van der Waals surface area contributed by atoms with E-state index in [9.17, 15) is 19.6 Å². The summed E-state index contributed by atoms with van der Waals surface area (Å²) in [5.41, 5.74) is 1.54. The highest BCUT2D eigenvalue weighted by Crippen LogP contribution is 2.33. The molecular formula is C21H20N4O4S. The Bertz CT molecular complexity index is 1070. The Balaban J connectivity index is 1.87. The summed E-state index contributed by atoms with van der Waals surface area (Å²) in [6, 6.07) is 10.6. The molecule has 0 fully saturated rings. The quantitative estimate of drug-likeness (QED) is 0.713. The molecule has 0 radical (unpaired) electrons. The number of ketones is 1. The van der Waals surface area contributed by atoms with Gasteiger partial charge in [-0.15, -0.1) is 11.3 Å². The zero-order valence-corrected chi connectivity index (χ0v) is 17.6. The molecule has 0 spiro atoms. The molecule has 9 heteroatoms. The monoisotopic (exact) mass is 424 g/mol. The Morgan fingerprint density at radius 2 is 2.03 bits per heavy atom. The van der Waals surface area contributed by atoms with Gasteiger partial charge >= 0.3 is 5.97 Å². The number of hydrogen-bond acceptors (Lipinski definition) is 8. The molecule has 0 bridgehead atoms. The van der Waals surface area contributed by atoms with Crippen LogP contribution in [-0.4, -0.2) is 36.0 Å². The van der Waals surface area contributed by atoms with E-state index in [1.54, 1.807) is 13.8 Å². The van der Waals surface area contributed by atoms with Crippen molar-refractivity contribution < 1.29 is 19.1 Å². The van der Waals surface area contributed by atoms with Crippen LogP contribution in [0.1, 0.15) is 41.1 Å². The number of hydrazone groups is 1. The fourth-order valence-corrected chi connectivity index (χ4v) is 4.13. The van der Waals surface area contributed by atoms with Crippen LogP contribution in [0.2, 0.25) is 0 Å². The molecule has 1 aliphatic heterocycles. The van der Waals surface area contributed by atoms with Gasteiger partial charge in [-0.3, -0.25) is 14.6 Å². The topological polar surface area (TPSA) is 112 Å². The van der Waals surface area contributed by atoms with E-state index in [0.29, 0.717) is 11.3 Å². The number of hydrogen-bond donors (Lipinski definition) is 1. The Kier molecular flexibility index (Phi) is 6.28. The maximum Gasteiger partial charge on any atom is 0.348 e. The van der Waals surface area contributed by atoms with Crippen molar-refractivity contribution in [2.45, 2.75) is 33.2 Å². The van der Waals surface area contributed by atoms with E-state index in [2.05, 4.69) is 10.4 Å². The van der Waals surface area contributed by atoms with Gasteiger partial charge in [0.2, 0.25) is 0 Å². The summed E-state index contributed by atoms with van der Waals surface area (Å²) in [7, 11) is 0. The van der Waals surface area contributed by atoms with E-state index in [-0.39, 0.29) is 40.0 Å². The lowest BCUT2D eigenvalue weighted by molar-refractivity contribution is -0.118. The van der Waals surface area contributed by atoms with Crippen LogP contribution in [0.3, 0.4) is 0 Å². The van der Waals surface area contributed by atoms with Crippen molar-refractivity contribution in [2.75, 3.05) is 16.9 Å². The minimum atomic E-state index is -0.580. The van der Waals surface area contributed by atoms with Gasteiger partial charge in [0, 0.05) is 6.42 Å². The third kappa shape index (κ3) is 4.09. The fourth-order valence-electron chi connectivity index (χ4n) is 3.09. The van der Waals surface area contributed by atoms with Crippen molar-refractivity contribution in [3.63, 3.8) is 0 Å². The third-order valence-electron chi connectivity index (χ3n) is 4.61. The maximum absolute atomic E-state index is 12.8. The highest BCUT2D eigenvalue weighted by atomic mass is 32.1. The summed E-state index contributed by atoms with van der Waals surface area (Å²) in [5.74, 6) is -1.17. The highest BCUT2D eigenvalue weighted by Gasteiger charge is 2.34. The van der Waals surface area contributed by atoms with Gasteiger partial charge in [0.15, 0.2) is 5.78 Å². The summed E-state index contributed by atoms with van der Waals surface area (Å²) < 4.78 is 5.01. The number of amides is 1. The normalized spacial score (nSPS) is 15.3. The number of nitrogens with zero attached hydrogens (tertiary/aromatic N) is 3. The number of nitrogens with one attached hydrogen (secondary N) is 1. The van der Waals surface area contributed by atoms with Crippen LogP contribution in [0.25, 0.3) is 0 Å². The average Bonchev–Trinajstić information content (AvgIpc) is 3.31. The van der Waals surface area contributed by atoms with Crippen molar-refractivity contribution in [1.82, 2.24) is 0 Å². The SMILES string of the molecule is CCOC(=O)c1sc(NC(=O)C2=NN(c3ccccc3)C(C(C)=O)C2)c(C#N)c1C. The number of para-hydroxylation sites is 1. The summed E-state index contributed by atoms with van der Waals surface area (Å²) in [5, 5.41) is 18.3. The second-order valence-electron chi connectivity index (χ2n) is 6.60. The first-order valence-electron chi connectivity index (χ1n) is 9.31. The summed E-state index contributed by atoms with van der Waals surface area (Å²) in [6.07, 6.45) is 0.146. The van der Waals surface area contributed by atoms with Gasteiger partial charge in [-0.1, -0.05) is 18.2 Å². The van der Waals surface area contributed by atoms with E-state index >= 15 is 0 Å². The molecule has 2 aromatic rings. The first kappa shape index (κ1) is 21.2. The van der Waals surface area contributed by atoms with Crippen LogP contribution in [0, 0.1) is 18.3 Å². The number of carbonyl (C=O) groups is 3. The summed E-state index contributed by atoms with van der Waals surface area (Å²) >= 11 is 0.986. The van der Waals surface area contributed by atoms with Crippen molar-refractivity contribution in [2.24, 2.45) is 5.10 Å². The second kappa shape index (κ2) is 8.88. The number of nitriles is 1. The van der Waals surface area contributed by atoms with Gasteiger partial charge in [0.05, 0.1) is 17.9 Å². The maximum atomic E-state index is 12.8. The van der Waals surface area contributed by atoms with E-state index in [1.165, 1.54) is 11.9 Å². The predicted molar refractivity (Wildman–Crippen MR) is 114 cm³/mol. The zero-order chi connectivity index (χ0) is 21.8. The molecule has 1 aromatic carbocycles. The highest BCUT2D eigenvalue weighted by molar-refractivity contribution is 7.18. The molecule has 0 saturated heterocycles. The molecule has 3 rings (SSSR count). The Hall–Kier alpha value is -3.51. The van der Waals surface area contributed by atoms with Crippen LogP contribution < -0.4 is 10.3 Å². The Labute approximate surface area is 177 Å². The number of Topliss-reactive ketones (excluding diaryl/α,β-unsaturated/α-hetero) is 1. The molecule has 1 atom stereocenters. The summed E-state index contributed by atoms with van der Waals surface area (Å²) in [6.45, 7) is 4.99. The van der Waals surface area contributed by atoms with E-state index in [0.717, 1.165) is 11.3 Å². The first-order valence-corrected chi connectivity index (χ1v) is 10.1. The Morgan fingerprint density at radius 1 is 1.33 bits per heavy atom. The predicted octanol–water partition coefficient (Wildman–Crippen LogP) is 3.27. The van der Waals surface area contributed by atoms with Crippen molar-refractivity contribution in [3.8, 4) is 6.07 Å². The lowest BCUT2D eigenvalue weighted by atomic mass is 10.1. The van der Waals surface area contributed by atoms with Gasteiger partial charge in [-0.25, -0.2) is 4.79 Å². The van der Waals surface area contributed by atoms with Gasteiger partial charge in [-0.05, 0) is 38.5 Å². The van der Waals surface area contributed by atoms with Crippen molar-refractivity contribution in [1.29, 1.82) is 5.26 Å². The molecule has 154 valence electrons. The molecule has 0 saturated carbocycles. The molecule has 1 unspecified atom stereocenters. The average molecular weight is 424 g/mol. The number of ether oxygens (including phenoxy) is 1. The number of anilines is 2. The molecule has 1 amide bonds. The molecule has 1 N–H and O–H groups in total. The van der Waals surface area contributed by atoms with Gasteiger partial charge < -0.3 is 10.1 Å². The minimum absolute atomic E-state index is 0.111. The number of thiophene rings is 1. The van der Waals surface area contributed by atoms with Crippen LogP contribution in [0.15, 0.2) is 35.4 Å². The van der Waals surface area contributed by atoms with Gasteiger partial charge in [-0.2, -0.15) is 10.4 Å². The lowest BCUT2D eigenvalue weighted by Crippen LogP contribution is -2.33. The second-order valence-corrected chi connectivity index (χ2v) is 7.62. The molecule has 2 heterocycles. The van der Waals surface area contributed by atoms with E-state index < -0.39 is 17.9 Å². The number of benzene rings is 1. The molecule has 1 aromatic heterocycles. The summed E-state index contributed by atoms with van der Waals surface area (Å²) in [4.78, 5) is 37.3. The zero-order valence-electron chi connectivity index (χ0n) is 16.8. The smallest absolute Gasteiger partial charge is 0.348 e. The van der Waals surface area contributed by atoms with Crippen LogP contribution in [0.5, 0.6) is 0 Å². The molecule has 30 heavy (non-hydrogen) atoms. The fraction of sp³-hybridized carbons (Fsp3) is 0.286. The van der Waals surface area contributed by atoms with Crippen LogP contribution in [0.4, 0.5) is 10.7 Å². The largest absolute Gasteiger partial charge is 0.462 e. The minimum Gasteiger partial charge on any atom is -0.462 e.